The van der Waals surface area contributed by atoms with Gasteiger partial charge >= 0.3 is 0 Å². The highest BCUT2D eigenvalue weighted by Gasteiger charge is 2.43. The van der Waals surface area contributed by atoms with Crippen molar-refractivity contribution >= 4 is 11.8 Å². The molecule has 1 aliphatic rings. The molecule has 0 heterocycles. The third-order valence-corrected chi connectivity index (χ3v) is 5.03. The van der Waals surface area contributed by atoms with E-state index in [0.29, 0.717) is 12.0 Å². The largest absolute Gasteiger partial charge is 0.313 e. The smallest absolute Gasteiger partial charge is 0.0352 e. The summed E-state index contributed by atoms with van der Waals surface area (Å²) >= 11 is 1.80. The van der Waals surface area contributed by atoms with E-state index in [2.05, 4.69) is 73.2 Å². The molecule has 3 rings (SSSR count). The predicted octanol–water partition coefficient (Wildman–Crippen LogP) is 4.47. The molecule has 1 nitrogen and oxygen atoms in total. The van der Waals surface area contributed by atoms with E-state index in [1.807, 2.05) is 0 Å². The van der Waals surface area contributed by atoms with Gasteiger partial charge in [-0.1, -0.05) is 42.5 Å². The van der Waals surface area contributed by atoms with Crippen molar-refractivity contribution in [3.63, 3.8) is 0 Å². The second-order valence-corrected chi connectivity index (χ2v) is 6.34. The van der Waals surface area contributed by atoms with Gasteiger partial charge in [-0.25, -0.2) is 0 Å². The van der Waals surface area contributed by atoms with Gasteiger partial charge in [0.05, 0.1) is 0 Å². The lowest BCUT2D eigenvalue weighted by atomic mass is 9.99. The van der Waals surface area contributed by atoms with Gasteiger partial charge < -0.3 is 5.32 Å². The molecule has 2 aromatic carbocycles. The molecule has 0 aromatic heterocycles. The third-order valence-electron chi connectivity index (χ3n) is 4.28. The van der Waals surface area contributed by atoms with Gasteiger partial charge in [0, 0.05) is 10.9 Å². The van der Waals surface area contributed by atoms with Crippen LogP contribution < -0.4 is 5.32 Å². The maximum absolute atomic E-state index is 3.51. The van der Waals surface area contributed by atoms with Crippen LogP contribution in [-0.4, -0.2) is 13.3 Å². The first kappa shape index (κ1) is 13.7. The Balaban J connectivity index is 1.75. The van der Waals surface area contributed by atoms with Gasteiger partial charge in [0.1, 0.15) is 0 Å². The SMILES string of the molecule is CNC(c1ccc(SC)cc1)C1CC1c1ccccc1. The zero-order valence-electron chi connectivity index (χ0n) is 12.0. The van der Waals surface area contributed by atoms with E-state index in [1.165, 1.54) is 22.4 Å². The summed E-state index contributed by atoms with van der Waals surface area (Å²) in [4.78, 5) is 1.33. The minimum absolute atomic E-state index is 0.469. The summed E-state index contributed by atoms with van der Waals surface area (Å²) in [5.74, 6) is 1.44. The second kappa shape index (κ2) is 6.02. The quantitative estimate of drug-likeness (QED) is 0.812. The van der Waals surface area contributed by atoms with Crippen LogP contribution in [0.1, 0.15) is 29.5 Å². The molecule has 3 atom stereocenters. The molecule has 1 fully saturated rings. The summed E-state index contributed by atoms with van der Waals surface area (Å²) in [5, 5.41) is 3.51. The Morgan fingerprint density at radius 1 is 1.05 bits per heavy atom. The molecule has 0 saturated heterocycles. The number of thioether (sulfide) groups is 1. The third kappa shape index (κ3) is 2.77. The molecule has 1 N–H and O–H groups in total. The molecule has 0 aliphatic heterocycles. The Morgan fingerprint density at radius 3 is 2.35 bits per heavy atom. The number of nitrogens with one attached hydrogen (secondary N) is 1. The maximum atomic E-state index is 3.51. The summed E-state index contributed by atoms with van der Waals surface area (Å²) in [6.45, 7) is 0. The molecule has 104 valence electrons. The lowest BCUT2D eigenvalue weighted by Crippen LogP contribution is -2.19. The van der Waals surface area contributed by atoms with Crippen molar-refractivity contribution in [2.75, 3.05) is 13.3 Å². The van der Waals surface area contributed by atoms with Gasteiger partial charge in [0.2, 0.25) is 0 Å². The Labute approximate surface area is 125 Å². The van der Waals surface area contributed by atoms with Gasteiger partial charge in [-0.15, -0.1) is 11.8 Å². The molecular formula is C18H21NS. The van der Waals surface area contributed by atoms with Crippen LogP contribution in [0.15, 0.2) is 59.5 Å². The van der Waals surface area contributed by atoms with Gasteiger partial charge in [0.15, 0.2) is 0 Å². The van der Waals surface area contributed by atoms with Crippen molar-refractivity contribution in [2.24, 2.45) is 5.92 Å². The Kier molecular flexibility index (Phi) is 4.13. The van der Waals surface area contributed by atoms with Crippen molar-refractivity contribution < 1.29 is 0 Å². The lowest BCUT2D eigenvalue weighted by Gasteiger charge is -2.17. The van der Waals surface area contributed by atoms with Crippen molar-refractivity contribution in [3.05, 3.63) is 65.7 Å². The molecule has 0 radical (unpaired) electrons. The first-order chi connectivity index (χ1) is 9.83. The molecule has 2 heteroatoms. The summed E-state index contributed by atoms with van der Waals surface area (Å²) < 4.78 is 0. The lowest BCUT2D eigenvalue weighted by molar-refractivity contribution is 0.517. The monoisotopic (exact) mass is 283 g/mol. The van der Waals surface area contributed by atoms with Gasteiger partial charge in [-0.05, 0) is 54.8 Å². The molecular weight excluding hydrogens is 262 g/mol. The minimum atomic E-state index is 0.469. The average Bonchev–Trinajstić information content (AvgIpc) is 3.30. The van der Waals surface area contributed by atoms with Crippen LogP contribution in [-0.2, 0) is 0 Å². The van der Waals surface area contributed by atoms with Crippen LogP contribution in [0.25, 0.3) is 0 Å². The van der Waals surface area contributed by atoms with Crippen LogP contribution in [0, 0.1) is 5.92 Å². The minimum Gasteiger partial charge on any atom is -0.313 e. The number of benzene rings is 2. The zero-order valence-corrected chi connectivity index (χ0v) is 12.9. The molecule has 0 spiro atoms. The van der Waals surface area contributed by atoms with Crippen molar-refractivity contribution in [1.29, 1.82) is 0 Å². The van der Waals surface area contributed by atoms with E-state index in [4.69, 9.17) is 0 Å². The van der Waals surface area contributed by atoms with Gasteiger partial charge in [-0.3, -0.25) is 0 Å². The fourth-order valence-corrected chi connectivity index (χ4v) is 3.51. The van der Waals surface area contributed by atoms with Crippen molar-refractivity contribution in [3.8, 4) is 0 Å². The summed E-state index contributed by atoms with van der Waals surface area (Å²) in [5.41, 5.74) is 2.90. The Hall–Kier alpha value is -1.25. The van der Waals surface area contributed by atoms with E-state index < -0.39 is 0 Å². The molecule has 0 amide bonds. The number of hydrogen-bond donors (Lipinski definition) is 1. The second-order valence-electron chi connectivity index (χ2n) is 5.46. The maximum Gasteiger partial charge on any atom is 0.0352 e. The highest BCUT2D eigenvalue weighted by molar-refractivity contribution is 7.98. The van der Waals surface area contributed by atoms with E-state index in [0.717, 1.165) is 5.92 Å². The van der Waals surface area contributed by atoms with E-state index in [1.54, 1.807) is 11.8 Å². The normalized spacial score (nSPS) is 22.5. The van der Waals surface area contributed by atoms with Gasteiger partial charge in [-0.2, -0.15) is 0 Å². The van der Waals surface area contributed by atoms with Crippen molar-refractivity contribution in [2.45, 2.75) is 23.3 Å². The fourth-order valence-electron chi connectivity index (χ4n) is 3.11. The summed E-state index contributed by atoms with van der Waals surface area (Å²) in [7, 11) is 2.08. The molecule has 0 bridgehead atoms. The summed E-state index contributed by atoms with van der Waals surface area (Å²) in [6, 6.07) is 20.4. The van der Waals surface area contributed by atoms with E-state index in [9.17, 15) is 0 Å². The molecule has 20 heavy (non-hydrogen) atoms. The first-order valence-corrected chi connectivity index (χ1v) is 8.42. The standard InChI is InChI=1S/C18H21NS/c1-19-18(14-8-10-15(20-2)11-9-14)17-12-16(17)13-6-4-3-5-7-13/h3-11,16-19H,12H2,1-2H3. The van der Waals surface area contributed by atoms with E-state index in [-0.39, 0.29) is 0 Å². The van der Waals surface area contributed by atoms with Gasteiger partial charge in [0.25, 0.3) is 0 Å². The van der Waals surface area contributed by atoms with Crippen LogP contribution in [0.5, 0.6) is 0 Å². The van der Waals surface area contributed by atoms with Crippen LogP contribution in [0.4, 0.5) is 0 Å². The van der Waals surface area contributed by atoms with Crippen LogP contribution in [0.3, 0.4) is 0 Å². The van der Waals surface area contributed by atoms with Crippen LogP contribution >= 0.6 is 11.8 Å². The first-order valence-electron chi connectivity index (χ1n) is 7.19. The predicted molar refractivity (Wildman–Crippen MR) is 87.3 cm³/mol. The summed E-state index contributed by atoms with van der Waals surface area (Å²) in [6.07, 6.45) is 3.41. The Morgan fingerprint density at radius 2 is 1.75 bits per heavy atom. The highest BCUT2D eigenvalue weighted by Crippen LogP contribution is 2.53. The molecule has 1 aliphatic carbocycles. The van der Waals surface area contributed by atoms with Crippen molar-refractivity contribution in [1.82, 2.24) is 5.32 Å². The van der Waals surface area contributed by atoms with Crippen LogP contribution in [0.2, 0.25) is 0 Å². The number of rotatable bonds is 5. The number of hydrogen-bond acceptors (Lipinski definition) is 2. The van der Waals surface area contributed by atoms with E-state index >= 15 is 0 Å². The highest BCUT2D eigenvalue weighted by atomic mass is 32.2. The topological polar surface area (TPSA) is 12.0 Å². The zero-order chi connectivity index (χ0) is 13.9. The molecule has 1 saturated carbocycles. The fraction of sp³-hybridized carbons (Fsp3) is 0.333. The molecule has 2 aromatic rings. The Bertz CT molecular complexity index is 549. The average molecular weight is 283 g/mol. The molecule has 3 unspecified atom stereocenters.